The van der Waals surface area contributed by atoms with E-state index in [0.29, 0.717) is 51.0 Å². The van der Waals surface area contributed by atoms with Gasteiger partial charge in [-0.15, -0.1) is 5.10 Å². The maximum absolute atomic E-state index is 14.0. The van der Waals surface area contributed by atoms with Crippen molar-refractivity contribution in [2.24, 2.45) is 0 Å². The van der Waals surface area contributed by atoms with Gasteiger partial charge in [0.05, 0.1) is 45.5 Å². The first-order valence-corrected chi connectivity index (χ1v) is 14.1. The Bertz CT molecular complexity index is 1870. The Hall–Kier alpha value is -4.63. The number of anilines is 2. The van der Waals surface area contributed by atoms with Crippen LogP contribution in [0.1, 0.15) is 60.7 Å². The Morgan fingerprint density at radius 3 is 2.58 bits per heavy atom. The number of hydrogen-bond donors (Lipinski definition) is 2. The molecule has 0 amide bonds. The summed E-state index contributed by atoms with van der Waals surface area (Å²) in [5.41, 5.74) is 2.52. The van der Waals surface area contributed by atoms with E-state index in [-0.39, 0.29) is 11.4 Å². The Morgan fingerprint density at radius 2 is 1.91 bits per heavy atom. The van der Waals surface area contributed by atoms with Crippen LogP contribution in [0.4, 0.5) is 24.5 Å². The lowest BCUT2D eigenvalue weighted by Gasteiger charge is -2.31. The molecule has 8 nitrogen and oxygen atoms in total. The first-order chi connectivity index (χ1) is 20.7. The van der Waals surface area contributed by atoms with E-state index in [2.05, 4.69) is 37.0 Å². The Kier molecular flexibility index (Phi) is 7.44. The number of rotatable bonds is 9. The van der Waals surface area contributed by atoms with Gasteiger partial charge in [0.25, 0.3) is 0 Å². The minimum atomic E-state index is -1.19. The van der Waals surface area contributed by atoms with Crippen molar-refractivity contribution in [1.82, 2.24) is 25.0 Å². The number of nitriles is 1. The van der Waals surface area contributed by atoms with Crippen LogP contribution in [0.25, 0.3) is 10.9 Å². The van der Waals surface area contributed by atoms with Crippen LogP contribution in [0.15, 0.2) is 61.1 Å². The van der Waals surface area contributed by atoms with Crippen molar-refractivity contribution in [3.8, 4) is 6.07 Å². The molecule has 13 heteroatoms. The lowest BCUT2D eigenvalue weighted by atomic mass is 9.69. The number of nitrogens with zero attached hydrogens (tertiary/aromatic N) is 6. The summed E-state index contributed by atoms with van der Waals surface area (Å²) in [6.07, 6.45) is 7.12. The van der Waals surface area contributed by atoms with Crippen LogP contribution < -0.4 is 10.6 Å². The molecule has 43 heavy (non-hydrogen) atoms. The summed E-state index contributed by atoms with van der Waals surface area (Å²) in [6, 6.07) is 12.7. The number of halogens is 4. The first-order valence-electron chi connectivity index (χ1n) is 13.8. The molecule has 2 atom stereocenters. The maximum atomic E-state index is 14.0. The summed E-state index contributed by atoms with van der Waals surface area (Å²) in [5, 5.41) is 26.5. The van der Waals surface area contributed by atoms with Gasteiger partial charge in [0.2, 0.25) is 5.95 Å². The lowest BCUT2D eigenvalue weighted by Crippen LogP contribution is -2.37. The van der Waals surface area contributed by atoms with Crippen molar-refractivity contribution >= 4 is 41.7 Å². The topological polar surface area (TPSA) is 104 Å². The molecule has 6 rings (SSSR count). The van der Waals surface area contributed by atoms with E-state index in [1.807, 2.05) is 25.6 Å². The standard InChI is InChI=1S/C30H25BClF3N8/c1-2-25(16-9-24(34)29(35)38-13-16)39-27-17(12-36)14-37-28-22(27)10-20(11-23(28)32)40-30(31,18-3-5-19(33)6-4-18)26-15-43(42-41-26)21-7-8-21/h3-6,9-11,13-15,21,25,40H,2,7-8,31H2,1H3,(H,37,39). The van der Waals surface area contributed by atoms with Crippen molar-refractivity contribution in [1.29, 1.82) is 5.26 Å². The first kappa shape index (κ1) is 28.5. The van der Waals surface area contributed by atoms with Gasteiger partial charge in [-0.25, -0.2) is 18.4 Å². The van der Waals surface area contributed by atoms with Crippen LogP contribution >= 0.6 is 11.6 Å². The molecule has 5 aromatic rings. The van der Waals surface area contributed by atoms with E-state index in [1.54, 1.807) is 24.3 Å². The fourth-order valence-corrected chi connectivity index (χ4v) is 5.44. The molecule has 1 aliphatic carbocycles. The van der Waals surface area contributed by atoms with Gasteiger partial charge in [0, 0.05) is 23.5 Å². The van der Waals surface area contributed by atoms with Gasteiger partial charge in [0.15, 0.2) is 5.82 Å². The second-order valence-corrected chi connectivity index (χ2v) is 11.1. The Balaban J connectivity index is 1.45. The third-order valence-corrected chi connectivity index (χ3v) is 8.04. The van der Waals surface area contributed by atoms with Gasteiger partial charge < -0.3 is 10.6 Å². The van der Waals surface area contributed by atoms with Crippen molar-refractivity contribution in [2.75, 3.05) is 10.6 Å². The van der Waals surface area contributed by atoms with Crippen LogP contribution in [-0.4, -0.2) is 32.8 Å². The molecule has 2 aromatic carbocycles. The summed E-state index contributed by atoms with van der Waals surface area (Å²) in [6.45, 7) is 1.87. The molecule has 0 bridgehead atoms. The van der Waals surface area contributed by atoms with Gasteiger partial charge in [-0.1, -0.05) is 35.9 Å². The zero-order valence-corrected chi connectivity index (χ0v) is 24.0. The van der Waals surface area contributed by atoms with Crippen molar-refractivity contribution in [3.63, 3.8) is 0 Å². The largest absolute Gasteiger partial charge is 0.378 e. The van der Waals surface area contributed by atoms with E-state index < -0.39 is 23.2 Å². The molecule has 0 aliphatic heterocycles. The summed E-state index contributed by atoms with van der Waals surface area (Å²) in [5.74, 6) is -2.62. The van der Waals surface area contributed by atoms with Crippen LogP contribution in [0.3, 0.4) is 0 Å². The highest BCUT2D eigenvalue weighted by molar-refractivity contribution is 6.36. The zero-order valence-electron chi connectivity index (χ0n) is 23.2. The zero-order chi connectivity index (χ0) is 30.3. The molecular weight excluding hydrogens is 576 g/mol. The molecule has 1 fully saturated rings. The predicted molar refractivity (Wildman–Crippen MR) is 160 cm³/mol. The second kappa shape index (κ2) is 11.2. The molecule has 0 saturated heterocycles. The highest BCUT2D eigenvalue weighted by Crippen LogP contribution is 2.39. The third kappa shape index (κ3) is 5.48. The molecule has 1 aliphatic rings. The van der Waals surface area contributed by atoms with Crippen molar-refractivity contribution in [3.05, 3.63) is 106 Å². The van der Waals surface area contributed by atoms with Crippen molar-refractivity contribution < 1.29 is 13.2 Å². The van der Waals surface area contributed by atoms with Gasteiger partial charge in [-0.2, -0.15) is 9.65 Å². The molecular formula is C30H25BClF3N8. The van der Waals surface area contributed by atoms with Gasteiger partial charge in [0.1, 0.15) is 25.4 Å². The number of fused-ring (bicyclic) bond motifs is 1. The molecule has 2 unspecified atom stereocenters. The molecule has 3 aromatic heterocycles. The van der Waals surface area contributed by atoms with E-state index >= 15 is 0 Å². The number of pyridine rings is 2. The predicted octanol–water partition coefficient (Wildman–Crippen LogP) is 6.01. The van der Waals surface area contributed by atoms with Crippen LogP contribution in [0.2, 0.25) is 5.02 Å². The summed E-state index contributed by atoms with van der Waals surface area (Å²) >= 11 is 6.75. The fraction of sp³-hybridized carbons (Fsp3) is 0.233. The number of nitrogens with one attached hydrogen (secondary N) is 2. The summed E-state index contributed by atoms with van der Waals surface area (Å²) in [4.78, 5) is 7.94. The number of hydrogen-bond acceptors (Lipinski definition) is 7. The Labute approximate surface area is 251 Å². The number of aromatic nitrogens is 5. The maximum Gasteiger partial charge on any atom is 0.248 e. The molecule has 3 heterocycles. The van der Waals surface area contributed by atoms with Crippen LogP contribution in [-0.2, 0) is 5.44 Å². The highest BCUT2D eigenvalue weighted by Gasteiger charge is 2.34. The molecule has 216 valence electrons. The Morgan fingerprint density at radius 1 is 1.14 bits per heavy atom. The molecule has 2 N–H and O–H groups in total. The van der Waals surface area contributed by atoms with Gasteiger partial charge in [-0.05, 0) is 60.7 Å². The van der Waals surface area contributed by atoms with Crippen LogP contribution in [0.5, 0.6) is 0 Å². The lowest BCUT2D eigenvalue weighted by molar-refractivity contribution is 0.475. The quantitative estimate of drug-likeness (QED) is 0.158. The van der Waals surface area contributed by atoms with E-state index in [1.165, 1.54) is 24.5 Å². The van der Waals surface area contributed by atoms with Gasteiger partial charge >= 0.3 is 0 Å². The number of benzene rings is 2. The highest BCUT2D eigenvalue weighted by atomic mass is 35.5. The van der Waals surface area contributed by atoms with E-state index in [4.69, 9.17) is 11.6 Å². The second-order valence-electron chi connectivity index (χ2n) is 10.7. The monoisotopic (exact) mass is 600 g/mol. The average molecular weight is 601 g/mol. The summed E-state index contributed by atoms with van der Waals surface area (Å²) in [7, 11) is 1.92. The fourth-order valence-electron chi connectivity index (χ4n) is 5.17. The minimum Gasteiger partial charge on any atom is -0.378 e. The van der Waals surface area contributed by atoms with E-state index in [0.717, 1.165) is 24.5 Å². The molecule has 0 spiro atoms. The average Bonchev–Trinajstić information content (AvgIpc) is 3.73. The van der Waals surface area contributed by atoms with E-state index in [9.17, 15) is 18.4 Å². The SMILES string of the molecule is BC(Nc1cc(Cl)c2ncc(C#N)c(NC(CC)c3cnc(F)c(F)c3)c2c1)(c1ccc(F)cc1)c1cn(C2CC2)nn1. The van der Waals surface area contributed by atoms with Crippen LogP contribution in [0, 0.1) is 28.9 Å². The van der Waals surface area contributed by atoms with Gasteiger partial charge in [-0.3, -0.25) is 4.98 Å². The third-order valence-electron chi connectivity index (χ3n) is 7.75. The normalized spacial score (nSPS) is 15.1. The molecule has 0 radical (unpaired) electrons. The molecule has 1 saturated carbocycles. The smallest absolute Gasteiger partial charge is 0.248 e. The summed E-state index contributed by atoms with van der Waals surface area (Å²) < 4.78 is 43.3. The van der Waals surface area contributed by atoms with Crippen molar-refractivity contribution in [2.45, 2.75) is 43.7 Å². The minimum absolute atomic E-state index is 0.239.